The summed E-state index contributed by atoms with van der Waals surface area (Å²) in [4.78, 5) is 11.0. The summed E-state index contributed by atoms with van der Waals surface area (Å²) >= 11 is 0. The molecule has 7 nitrogen and oxygen atoms in total. The molecule has 0 aliphatic rings. The second-order valence-corrected chi connectivity index (χ2v) is 6.06. The molecule has 0 saturated carbocycles. The van der Waals surface area contributed by atoms with E-state index in [-0.39, 0.29) is 28.9 Å². The van der Waals surface area contributed by atoms with Gasteiger partial charge in [0, 0.05) is 13.2 Å². The molecule has 1 aromatic rings. The predicted molar refractivity (Wildman–Crippen MR) is 76.2 cm³/mol. The van der Waals surface area contributed by atoms with Gasteiger partial charge in [-0.05, 0) is 24.6 Å². The SMILES string of the molecule is CCC(COC)NS(=O)(=O)c1ccc(OC)c(C(=O)O)c1. The van der Waals surface area contributed by atoms with Gasteiger partial charge in [-0.2, -0.15) is 0 Å². The number of rotatable bonds is 8. The Hall–Kier alpha value is -1.64. The summed E-state index contributed by atoms with van der Waals surface area (Å²) < 4.78 is 36.8. The van der Waals surface area contributed by atoms with Gasteiger partial charge in [-0.25, -0.2) is 17.9 Å². The van der Waals surface area contributed by atoms with Gasteiger partial charge in [0.05, 0.1) is 18.6 Å². The lowest BCUT2D eigenvalue weighted by Gasteiger charge is -2.16. The number of nitrogens with one attached hydrogen (secondary N) is 1. The van der Waals surface area contributed by atoms with Crippen molar-refractivity contribution in [2.75, 3.05) is 20.8 Å². The van der Waals surface area contributed by atoms with Crippen LogP contribution in [0.1, 0.15) is 23.7 Å². The van der Waals surface area contributed by atoms with Crippen molar-refractivity contribution < 1.29 is 27.8 Å². The van der Waals surface area contributed by atoms with Gasteiger partial charge in [0.1, 0.15) is 11.3 Å². The van der Waals surface area contributed by atoms with E-state index in [1.54, 1.807) is 0 Å². The molecule has 0 aliphatic carbocycles. The van der Waals surface area contributed by atoms with E-state index in [0.29, 0.717) is 6.42 Å². The van der Waals surface area contributed by atoms with Gasteiger partial charge >= 0.3 is 5.97 Å². The van der Waals surface area contributed by atoms with Crippen molar-refractivity contribution in [3.8, 4) is 5.75 Å². The van der Waals surface area contributed by atoms with Crippen LogP contribution in [0.25, 0.3) is 0 Å². The number of methoxy groups -OCH3 is 2. The molecule has 0 aromatic heterocycles. The van der Waals surface area contributed by atoms with E-state index < -0.39 is 16.0 Å². The minimum absolute atomic E-state index is 0.102. The van der Waals surface area contributed by atoms with Gasteiger partial charge in [0.15, 0.2) is 0 Å². The maximum Gasteiger partial charge on any atom is 0.339 e. The molecule has 0 heterocycles. The zero-order valence-electron chi connectivity index (χ0n) is 12.1. The van der Waals surface area contributed by atoms with Crippen LogP contribution in [-0.4, -0.2) is 46.4 Å². The predicted octanol–water partition coefficient (Wildman–Crippen LogP) is 1.10. The van der Waals surface area contributed by atoms with E-state index >= 15 is 0 Å². The minimum Gasteiger partial charge on any atom is -0.496 e. The Kier molecular flexibility index (Phi) is 6.13. The summed E-state index contributed by atoms with van der Waals surface area (Å²) in [6.45, 7) is 2.06. The molecule has 0 bridgehead atoms. The molecule has 21 heavy (non-hydrogen) atoms. The molecule has 1 unspecified atom stereocenters. The Labute approximate surface area is 123 Å². The summed E-state index contributed by atoms with van der Waals surface area (Å²) in [7, 11) is -1.03. The van der Waals surface area contributed by atoms with Crippen LogP contribution in [-0.2, 0) is 14.8 Å². The number of sulfonamides is 1. The van der Waals surface area contributed by atoms with E-state index in [1.807, 2.05) is 6.92 Å². The Morgan fingerprint density at radius 1 is 1.38 bits per heavy atom. The van der Waals surface area contributed by atoms with Crippen LogP contribution in [0.2, 0.25) is 0 Å². The number of aromatic carboxylic acids is 1. The van der Waals surface area contributed by atoms with Crippen molar-refractivity contribution >= 4 is 16.0 Å². The number of hydrogen-bond acceptors (Lipinski definition) is 5. The summed E-state index contributed by atoms with van der Waals surface area (Å²) in [6, 6.07) is 3.31. The summed E-state index contributed by atoms with van der Waals surface area (Å²) in [5.41, 5.74) is -0.208. The van der Waals surface area contributed by atoms with Crippen molar-refractivity contribution in [1.82, 2.24) is 4.72 Å². The molecule has 0 fully saturated rings. The van der Waals surface area contributed by atoms with Crippen LogP contribution in [0.15, 0.2) is 23.1 Å². The minimum atomic E-state index is -3.82. The van der Waals surface area contributed by atoms with Crippen molar-refractivity contribution in [2.45, 2.75) is 24.3 Å². The van der Waals surface area contributed by atoms with E-state index in [1.165, 1.54) is 26.4 Å². The van der Waals surface area contributed by atoms with Crippen molar-refractivity contribution in [2.24, 2.45) is 0 Å². The molecule has 1 atom stereocenters. The lowest BCUT2D eigenvalue weighted by Crippen LogP contribution is -2.37. The molecule has 0 aliphatic heterocycles. The number of hydrogen-bond donors (Lipinski definition) is 2. The molecule has 1 aromatic carbocycles. The number of carboxylic acids is 1. The third-order valence-corrected chi connectivity index (χ3v) is 4.41. The van der Waals surface area contributed by atoms with E-state index in [4.69, 9.17) is 14.6 Å². The second kappa shape index (κ2) is 7.39. The zero-order chi connectivity index (χ0) is 16.0. The molecule has 2 N–H and O–H groups in total. The summed E-state index contributed by atoms with van der Waals surface area (Å²) in [5, 5.41) is 9.08. The third kappa shape index (κ3) is 4.42. The second-order valence-electron chi connectivity index (χ2n) is 4.35. The van der Waals surface area contributed by atoms with Gasteiger partial charge in [0.2, 0.25) is 10.0 Å². The first-order chi connectivity index (χ1) is 9.85. The number of carboxylic acid groups (broad SMARTS) is 1. The van der Waals surface area contributed by atoms with Gasteiger partial charge in [-0.15, -0.1) is 0 Å². The maximum absolute atomic E-state index is 12.3. The van der Waals surface area contributed by atoms with Gasteiger partial charge in [0.25, 0.3) is 0 Å². The molecule has 0 spiro atoms. The Balaban J connectivity index is 3.14. The third-order valence-electron chi connectivity index (χ3n) is 2.89. The lowest BCUT2D eigenvalue weighted by molar-refractivity contribution is 0.0693. The fourth-order valence-corrected chi connectivity index (χ4v) is 3.08. The first-order valence-corrected chi connectivity index (χ1v) is 7.76. The highest BCUT2D eigenvalue weighted by Crippen LogP contribution is 2.22. The number of benzene rings is 1. The topological polar surface area (TPSA) is 102 Å². The molecule has 0 amide bonds. The van der Waals surface area contributed by atoms with Crippen LogP contribution in [0.4, 0.5) is 0 Å². The van der Waals surface area contributed by atoms with Crippen LogP contribution in [0, 0.1) is 0 Å². The first-order valence-electron chi connectivity index (χ1n) is 6.28. The van der Waals surface area contributed by atoms with Crippen LogP contribution < -0.4 is 9.46 Å². The van der Waals surface area contributed by atoms with Crippen LogP contribution in [0.3, 0.4) is 0 Å². The fraction of sp³-hybridized carbons (Fsp3) is 0.462. The van der Waals surface area contributed by atoms with E-state index in [2.05, 4.69) is 4.72 Å². The molecule has 0 saturated heterocycles. The number of ether oxygens (including phenoxy) is 2. The summed E-state index contributed by atoms with van der Waals surface area (Å²) in [5.74, 6) is -1.15. The highest BCUT2D eigenvalue weighted by atomic mass is 32.2. The Bertz CT molecular complexity index is 599. The van der Waals surface area contributed by atoms with Gasteiger partial charge < -0.3 is 14.6 Å². The molecule has 8 heteroatoms. The largest absolute Gasteiger partial charge is 0.496 e. The molecular formula is C13H19NO6S. The smallest absolute Gasteiger partial charge is 0.339 e. The maximum atomic E-state index is 12.3. The van der Waals surface area contributed by atoms with Gasteiger partial charge in [-0.3, -0.25) is 0 Å². The zero-order valence-corrected chi connectivity index (χ0v) is 12.9. The quantitative estimate of drug-likeness (QED) is 0.744. The molecular weight excluding hydrogens is 298 g/mol. The van der Waals surface area contributed by atoms with Crippen molar-refractivity contribution in [1.29, 1.82) is 0 Å². The van der Waals surface area contributed by atoms with Crippen molar-refractivity contribution in [3.05, 3.63) is 23.8 Å². The fourth-order valence-electron chi connectivity index (χ4n) is 1.75. The van der Waals surface area contributed by atoms with Crippen molar-refractivity contribution in [3.63, 3.8) is 0 Å². The Morgan fingerprint density at radius 2 is 2.05 bits per heavy atom. The highest BCUT2D eigenvalue weighted by Gasteiger charge is 2.22. The normalized spacial score (nSPS) is 12.9. The molecule has 118 valence electrons. The average Bonchev–Trinajstić information content (AvgIpc) is 2.45. The van der Waals surface area contributed by atoms with Gasteiger partial charge in [-0.1, -0.05) is 6.92 Å². The van der Waals surface area contributed by atoms with Crippen LogP contribution in [0.5, 0.6) is 5.75 Å². The summed E-state index contributed by atoms with van der Waals surface area (Å²) in [6.07, 6.45) is 0.551. The highest BCUT2D eigenvalue weighted by molar-refractivity contribution is 7.89. The molecule has 0 radical (unpaired) electrons. The monoisotopic (exact) mass is 317 g/mol. The number of carbonyl (C=O) groups is 1. The lowest BCUT2D eigenvalue weighted by atomic mass is 10.2. The van der Waals surface area contributed by atoms with E-state index in [0.717, 1.165) is 6.07 Å². The first kappa shape index (κ1) is 17.4. The average molecular weight is 317 g/mol. The standard InChI is InChI=1S/C13H19NO6S/c1-4-9(8-19-2)14-21(17,18)10-5-6-12(20-3)11(7-10)13(15)16/h5-7,9,14H,4,8H2,1-3H3,(H,15,16). The molecule has 1 rings (SSSR count). The Morgan fingerprint density at radius 3 is 2.52 bits per heavy atom. The van der Waals surface area contributed by atoms with E-state index in [9.17, 15) is 13.2 Å². The van der Waals surface area contributed by atoms with Crippen LogP contribution >= 0.6 is 0 Å².